The van der Waals surface area contributed by atoms with Gasteiger partial charge in [-0.1, -0.05) is 48.5 Å². The predicted octanol–water partition coefficient (Wildman–Crippen LogP) is 4.96. The highest BCUT2D eigenvalue weighted by Crippen LogP contribution is 2.23. The van der Waals surface area contributed by atoms with Gasteiger partial charge in [-0.05, 0) is 30.7 Å². The summed E-state index contributed by atoms with van der Waals surface area (Å²) in [6, 6.07) is 22.7. The lowest BCUT2D eigenvalue weighted by Gasteiger charge is -2.18. The SMILES string of the molecule is C=CCC(Nc1ccccc1)c1ccc2ccccc2n1. The number of aromatic nitrogens is 1. The Bertz CT molecular complexity index is 735. The largest absolute Gasteiger partial charge is 0.376 e. The van der Waals surface area contributed by atoms with Gasteiger partial charge in [-0.2, -0.15) is 0 Å². The fraction of sp³-hybridized carbons (Fsp3) is 0.105. The number of hydrogen-bond donors (Lipinski definition) is 1. The molecule has 0 fully saturated rings. The summed E-state index contributed by atoms with van der Waals surface area (Å²) in [6.45, 7) is 3.86. The van der Waals surface area contributed by atoms with E-state index in [0.29, 0.717) is 0 Å². The molecule has 1 aromatic heterocycles. The molecule has 0 saturated carbocycles. The van der Waals surface area contributed by atoms with Crippen LogP contribution in [0.2, 0.25) is 0 Å². The molecule has 0 saturated heterocycles. The molecule has 2 nitrogen and oxygen atoms in total. The van der Waals surface area contributed by atoms with E-state index < -0.39 is 0 Å². The van der Waals surface area contributed by atoms with Gasteiger partial charge in [0.25, 0.3) is 0 Å². The number of para-hydroxylation sites is 2. The summed E-state index contributed by atoms with van der Waals surface area (Å²) in [4.78, 5) is 4.78. The molecule has 1 atom stereocenters. The molecule has 0 aliphatic carbocycles. The molecule has 0 bridgehead atoms. The van der Waals surface area contributed by atoms with E-state index in [4.69, 9.17) is 4.98 Å². The van der Waals surface area contributed by atoms with Crippen molar-refractivity contribution in [1.82, 2.24) is 4.98 Å². The van der Waals surface area contributed by atoms with Gasteiger partial charge in [0.05, 0.1) is 17.3 Å². The zero-order valence-corrected chi connectivity index (χ0v) is 11.9. The van der Waals surface area contributed by atoms with E-state index >= 15 is 0 Å². The molecule has 0 spiro atoms. The Morgan fingerprint density at radius 2 is 1.71 bits per heavy atom. The van der Waals surface area contributed by atoms with Crippen molar-refractivity contribution >= 4 is 16.6 Å². The second-order valence-corrected chi connectivity index (χ2v) is 5.02. The van der Waals surface area contributed by atoms with Crippen LogP contribution in [-0.2, 0) is 0 Å². The smallest absolute Gasteiger partial charge is 0.0719 e. The van der Waals surface area contributed by atoms with Crippen LogP contribution in [0.4, 0.5) is 5.69 Å². The minimum absolute atomic E-state index is 0.134. The molecule has 0 aliphatic heterocycles. The van der Waals surface area contributed by atoms with Crippen molar-refractivity contribution in [3.05, 3.63) is 85.1 Å². The van der Waals surface area contributed by atoms with Gasteiger partial charge in [0, 0.05) is 11.1 Å². The Balaban J connectivity index is 1.93. The van der Waals surface area contributed by atoms with Crippen molar-refractivity contribution in [3.63, 3.8) is 0 Å². The fourth-order valence-electron chi connectivity index (χ4n) is 2.43. The molecule has 2 aromatic carbocycles. The van der Waals surface area contributed by atoms with E-state index in [1.165, 1.54) is 5.39 Å². The average Bonchev–Trinajstić information content (AvgIpc) is 2.55. The molecule has 0 amide bonds. The van der Waals surface area contributed by atoms with Gasteiger partial charge in [-0.15, -0.1) is 6.58 Å². The van der Waals surface area contributed by atoms with Gasteiger partial charge in [0.1, 0.15) is 0 Å². The van der Waals surface area contributed by atoms with Crippen molar-refractivity contribution < 1.29 is 0 Å². The summed E-state index contributed by atoms with van der Waals surface area (Å²) in [5.74, 6) is 0. The van der Waals surface area contributed by atoms with E-state index in [1.54, 1.807) is 0 Å². The van der Waals surface area contributed by atoms with E-state index in [-0.39, 0.29) is 6.04 Å². The highest BCUT2D eigenvalue weighted by molar-refractivity contribution is 5.78. The van der Waals surface area contributed by atoms with Gasteiger partial charge in [-0.3, -0.25) is 4.98 Å². The lowest BCUT2D eigenvalue weighted by Crippen LogP contribution is -2.11. The number of pyridine rings is 1. The van der Waals surface area contributed by atoms with Crippen molar-refractivity contribution in [3.8, 4) is 0 Å². The summed E-state index contributed by atoms with van der Waals surface area (Å²) in [6.07, 6.45) is 2.76. The number of benzene rings is 2. The first-order valence-corrected chi connectivity index (χ1v) is 7.15. The van der Waals surface area contributed by atoms with Crippen molar-refractivity contribution in [2.75, 3.05) is 5.32 Å². The third-order valence-electron chi connectivity index (χ3n) is 3.49. The van der Waals surface area contributed by atoms with Gasteiger partial charge < -0.3 is 5.32 Å². The molecule has 21 heavy (non-hydrogen) atoms. The molecule has 3 rings (SSSR count). The van der Waals surface area contributed by atoms with Gasteiger partial charge in [0.15, 0.2) is 0 Å². The van der Waals surface area contributed by atoms with Gasteiger partial charge in [-0.25, -0.2) is 0 Å². The summed E-state index contributed by atoms with van der Waals surface area (Å²) >= 11 is 0. The number of anilines is 1. The molecule has 2 heteroatoms. The zero-order valence-electron chi connectivity index (χ0n) is 11.9. The van der Waals surface area contributed by atoms with Crippen LogP contribution in [-0.4, -0.2) is 4.98 Å². The first-order chi connectivity index (χ1) is 10.4. The first-order valence-electron chi connectivity index (χ1n) is 7.15. The topological polar surface area (TPSA) is 24.9 Å². The molecular weight excluding hydrogens is 256 g/mol. The molecule has 104 valence electrons. The molecule has 1 N–H and O–H groups in total. The van der Waals surface area contributed by atoms with Crippen LogP contribution in [0.25, 0.3) is 10.9 Å². The maximum atomic E-state index is 4.78. The van der Waals surface area contributed by atoms with E-state index in [1.807, 2.05) is 42.5 Å². The highest BCUT2D eigenvalue weighted by atomic mass is 14.9. The lowest BCUT2D eigenvalue weighted by molar-refractivity contribution is 0.771. The Hall–Kier alpha value is -2.61. The third-order valence-corrected chi connectivity index (χ3v) is 3.49. The number of fused-ring (bicyclic) bond motifs is 1. The average molecular weight is 274 g/mol. The van der Waals surface area contributed by atoms with Crippen LogP contribution in [0, 0.1) is 0 Å². The summed E-state index contributed by atoms with van der Waals surface area (Å²) in [5.41, 5.74) is 3.16. The third kappa shape index (κ3) is 3.11. The molecule has 3 aromatic rings. The molecule has 0 aliphatic rings. The van der Waals surface area contributed by atoms with E-state index in [0.717, 1.165) is 23.3 Å². The van der Waals surface area contributed by atoms with Gasteiger partial charge >= 0.3 is 0 Å². The Morgan fingerprint density at radius 1 is 0.952 bits per heavy atom. The van der Waals surface area contributed by atoms with Crippen LogP contribution in [0.3, 0.4) is 0 Å². The quantitative estimate of drug-likeness (QED) is 0.665. The highest BCUT2D eigenvalue weighted by Gasteiger charge is 2.11. The summed E-state index contributed by atoms with van der Waals surface area (Å²) in [5, 5.41) is 4.69. The predicted molar refractivity (Wildman–Crippen MR) is 89.4 cm³/mol. The zero-order chi connectivity index (χ0) is 14.5. The lowest BCUT2D eigenvalue weighted by atomic mass is 10.1. The Morgan fingerprint density at radius 3 is 2.52 bits per heavy atom. The standard InChI is InChI=1S/C19H18N2/c1-2-8-18(20-16-10-4-3-5-11-16)19-14-13-15-9-6-7-12-17(15)21-19/h2-7,9-14,18,20H,1,8H2. The van der Waals surface area contributed by atoms with Crippen LogP contribution >= 0.6 is 0 Å². The number of rotatable bonds is 5. The van der Waals surface area contributed by atoms with Crippen molar-refractivity contribution in [2.45, 2.75) is 12.5 Å². The summed E-state index contributed by atoms with van der Waals surface area (Å²) < 4.78 is 0. The number of nitrogens with zero attached hydrogens (tertiary/aromatic N) is 1. The first kappa shape index (κ1) is 13.4. The van der Waals surface area contributed by atoms with E-state index in [2.05, 4.69) is 42.2 Å². The Labute approximate surface area is 125 Å². The second-order valence-electron chi connectivity index (χ2n) is 5.02. The minimum atomic E-state index is 0.134. The molecule has 1 unspecified atom stereocenters. The molecular formula is C19H18N2. The minimum Gasteiger partial charge on any atom is -0.376 e. The van der Waals surface area contributed by atoms with Crippen LogP contribution in [0.1, 0.15) is 18.2 Å². The molecule has 0 radical (unpaired) electrons. The van der Waals surface area contributed by atoms with Crippen LogP contribution < -0.4 is 5.32 Å². The number of hydrogen-bond acceptors (Lipinski definition) is 2. The second kappa shape index (κ2) is 6.23. The van der Waals surface area contributed by atoms with Crippen molar-refractivity contribution in [1.29, 1.82) is 0 Å². The maximum Gasteiger partial charge on any atom is 0.0719 e. The fourth-order valence-corrected chi connectivity index (χ4v) is 2.43. The maximum absolute atomic E-state index is 4.78. The number of nitrogens with one attached hydrogen (secondary N) is 1. The van der Waals surface area contributed by atoms with Crippen LogP contribution in [0.5, 0.6) is 0 Å². The normalized spacial score (nSPS) is 12.0. The monoisotopic (exact) mass is 274 g/mol. The summed E-state index contributed by atoms with van der Waals surface area (Å²) in [7, 11) is 0. The van der Waals surface area contributed by atoms with Crippen LogP contribution in [0.15, 0.2) is 79.4 Å². The van der Waals surface area contributed by atoms with E-state index in [9.17, 15) is 0 Å². The van der Waals surface area contributed by atoms with Crippen molar-refractivity contribution in [2.24, 2.45) is 0 Å². The molecule has 1 heterocycles. The van der Waals surface area contributed by atoms with Gasteiger partial charge in [0.2, 0.25) is 0 Å². The Kier molecular flexibility index (Phi) is 3.97.